The highest BCUT2D eigenvalue weighted by Crippen LogP contribution is 2.35. The third-order valence-electron chi connectivity index (χ3n) is 5.49. The summed E-state index contributed by atoms with van der Waals surface area (Å²) in [6, 6.07) is 18.1. The van der Waals surface area contributed by atoms with Crippen LogP contribution in [0, 0.1) is 11.6 Å². The number of nitrogens with zero attached hydrogens (tertiary/aromatic N) is 1. The van der Waals surface area contributed by atoms with Gasteiger partial charge in [0, 0.05) is 34.6 Å². The molecular weight excluding hydrogens is 487 g/mol. The van der Waals surface area contributed by atoms with Gasteiger partial charge in [0.15, 0.2) is 9.84 Å². The number of sulfone groups is 1. The van der Waals surface area contributed by atoms with Gasteiger partial charge in [-0.1, -0.05) is 47.5 Å². The van der Waals surface area contributed by atoms with Gasteiger partial charge in [0.05, 0.1) is 11.8 Å². The Balaban J connectivity index is 1.47. The predicted molar refractivity (Wildman–Crippen MR) is 128 cm³/mol. The Hall–Kier alpha value is -2.25. The lowest BCUT2D eigenvalue weighted by molar-refractivity contribution is 0.202. The van der Waals surface area contributed by atoms with Crippen molar-refractivity contribution < 1.29 is 17.2 Å². The van der Waals surface area contributed by atoms with Gasteiger partial charge in [-0.15, -0.1) is 0 Å². The molecule has 0 radical (unpaired) electrons. The lowest BCUT2D eigenvalue weighted by Gasteiger charge is -2.41. The van der Waals surface area contributed by atoms with Crippen LogP contribution >= 0.6 is 23.2 Å². The van der Waals surface area contributed by atoms with Gasteiger partial charge in [0.2, 0.25) is 0 Å². The van der Waals surface area contributed by atoms with Crippen molar-refractivity contribution in [1.82, 2.24) is 4.90 Å². The summed E-state index contributed by atoms with van der Waals surface area (Å²) in [4.78, 5) is 2.16. The predicted octanol–water partition coefficient (Wildman–Crippen LogP) is 6.22. The molecule has 0 N–H and O–H groups in total. The number of halogens is 4. The molecule has 1 fully saturated rings. The largest absolute Gasteiger partial charge is 0.284 e. The monoisotopic (exact) mass is 507 g/mol. The van der Waals surface area contributed by atoms with Crippen LogP contribution in [-0.4, -0.2) is 32.2 Å². The number of aryl methyl sites for hydroxylation is 1. The van der Waals surface area contributed by atoms with E-state index in [2.05, 4.69) is 4.90 Å². The first-order valence-electron chi connectivity index (χ1n) is 10.3. The Morgan fingerprint density at radius 1 is 0.848 bits per heavy atom. The molecule has 0 bridgehead atoms. The van der Waals surface area contributed by atoms with Crippen LogP contribution in [0.25, 0.3) is 0 Å². The van der Waals surface area contributed by atoms with E-state index in [4.69, 9.17) is 23.2 Å². The van der Waals surface area contributed by atoms with E-state index in [0.29, 0.717) is 28.7 Å². The highest BCUT2D eigenvalue weighted by molar-refractivity contribution is 7.94. The second-order valence-corrected chi connectivity index (χ2v) is 10.9. The lowest BCUT2D eigenvalue weighted by atomic mass is 9.93. The molecule has 3 nitrogen and oxygen atoms in total. The van der Waals surface area contributed by atoms with E-state index in [9.17, 15) is 17.2 Å². The molecule has 0 amide bonds. The topological polar surface area (TPSA) is 37.4 Å². The number of benzene rings is 3. The lowest BCUT2D eigenvalue weighted by Crippen LogP contribution is -2.43. The molecule has 0 unspecified atom stereocenters. The molecule has 0 aromatic heterocycles. The second-order valence-electron chi connectivity index (χ2n) is 8.08. The minimum atomic E-state index is -3.52. The van der Waals surface area contributed by atoms with Gasteiger partial charge in [0.25, 0.3) is 0 Å². The van der Waals surface area contributed by atoms with Gasteiger partial charge in [0.1, 0.15) is 11.6 Å². The summed E-state index contributed by atoms with van der Waals surface area (Å²) in [5, 5.41) is 2.57. The van der Waals surface area contributed by atoms with E-state index in [0.717, 1.165) is 34.9 Å². The highest BCUT2D eigenvalue weighted by atomic mass is 35.5. The Morgan fingerprint density at radius 3 is 1.82 bits per heavy atom. The van der Waals surface area contributed by atoms with Gasteiger partial charge >= 0.3 is 0 Å². The maximum Gasteiger partial charge on any atom is 0.171 e. The third kappa shape index (κ3) is 6.21. The molecule has 3 aromatic carbocycles. The Kier molecular flexibility index (Phi) is 7.19. The molecule has 3 aromatic rings. The summed E-state index contributed by atoms with van der Waals surface area (Å²) in [6.07, 6.45) is 0.0443. The average molecular weight is 508 g/mol. The van der Waals surface area contributed by atoms with Crippen molar-refractivity contribution in [2.24, 2.45) is 0 Å². The molecule has 1 heterocycles. The first-order valence-corrected chi connectivity index (χ1v) is 12.8. The number of rotatable bonds is 7. The molecule has 1 saturated heterocycles. The zero-order valence-corrected chi connectivity index (χ0v) is 19.8. The van der Waals surface area contributed by atoms with Gasteiger partial charge in [-0.2, -0.15) is 0 Å². The summed E-state index contributed by atoms with van der Waals surface area (Å²) in [7, 11) is -3.52. The summed E-state index contributed by atoms with van der Waals surface area (Å²) < 4.78 is 51.8. The van der Waals surface area contributed by atoms with Gasteiger partial charge in [-0.3, -0.25) is 4.90 Å². The van der Waals surface area contributed by atoms with Crippen molar-refractivity contribution in [3.63, 3.8) is 0 Å². The van der Waals surface area contributed by atoms with Crippen molar-refractivity contribution in [1.29, 1.82) is 0 Å². The van der Waals surface area contributed by atoms with Crippen LogP contribution in [0.3, 0.4) is 0 Å². The van der Waals surface area contributed by atoms with Crippen LogP contribution in [0.2, 0.25) is 10.0 Å². The van der Waals surface area contributed by atoms with Crippen molar-refractivity contribution in [2.75, 3.05) is 18.8 Å². The summed E-state index contributed by atoms with van der Waals surface area (Å²) in [5.74, 6) is -1.64. The molecule has 4 rings (SSSR count). The second kappa shape index (κ2) is 9.94. The molecular formula is C25H21Cl2F2NO2S. The Labute approximate surface area is 202 Å². The average Bonchev–Trinajstić information content (AvgIpc) is 2.72. The minimum absolute atomic E-state index is 0.0443. The van der Waals surface area contributed by atoms with E-state index in [1.165, 1.54) is 5.41 Å². The zero-order valence-electron chi connectivity index (χ0n) is 17.5. The summed E-state index contributed by atoms with van der Waals surface area (Å²) in [5.41, 5.74) is 3.18. The summed E-state index contributed by atoms with van der Waals surface area (Å²) in [6.45, 7) is 0.980. The quantitative estimate of drug-likeness (QED) is 0.381. The van der Waals surface area contributed by atoms with Gasteiger partial charge < -0.3 is 0 Å². The highest BCUT2D eigenvalue weighted by Gasteiger charge is 2.31. The Bertz CT molecular complexity index is 1200. The van der Waals surface area contributed by atoms with Crippen LogP contribution in [0.15, 0.2) is 77.7 Å². The van der Waals surface area contributed by atoms with Gasteiger partial charge in [-0.25, -0.2) is 17.2 Å². The molecule has 1 aliphatic heterocycles. The number of hydrogen-bond acceptors (Lipinski definition) is 3. The molecule has 8 heteroatoms. The molecule has 0 aliphatic carbocycles. The molecule has 172 valence electrons. The molecule has 0 spiro atoms. The smallest absolute Gasteiger partial charge is 0.171 e. The van der Waals surface area contributed by atoms with Crippen LogP contribution in [0.5, 0.6) is 0 Å². The van der Waals surface area contributed by atoms with E-state index in [-0.39, 0.29) is 18.2 Å². The van der Waals surface area contributed by atoms with Crippen LogP contribution in [0.4, 0.5) is 8.78 Å². The molecule has 1 aliphatic rings. The van der Waals surface area contributed by atoms with Crippen molar-refractivity contribution in [3.8, 4) is 0 Å². The SMILES string of the molecule is O=S(=O)(C=C1CN(C(c2ccc(Cl)cc2)c2ccc(Cl)cc2)C1)CCc1cc(F)cc(F)c1. The van der Waals surface area contributed by atoms with E-state index < -0.39 is 21.5 Å². The first-order chi connectivity index (χ1) is 15.7. The van der Waals surface area contributed by atoms with Gasteiger partial charge in [-0.05, 0) is 65.1 Å². The normalized spacial score (nSPS) is 14.4. The Morgan fingerprint density at radius 2 is 1.33 bits per heavy atom. The standard InChI is InChI=1S/C25H21Cl2F2NO2S/c26-21-5-1-19(2-6-21)25(20-3-7-22(27)8-4-20)30-14-18(15-30)16-33(31,32)10-9-17-11-23(28)13-24(29)12-17/h1-8,11-13,16,25H,9-10,14-15H2. The third-order valence-corrected chi connectivity index (χ3v) is 7.46. The zero-order chi connectivity index (χ0) is 23.6. The molecule has 0 atom stereocenters. The maximum atomic E-state index is 13.3. The molecule has 0 saturated carbocycles. The molecule has 33 heavy (non-hydrogen) atoms. The maximum absolute atomic E-state index is 13.3. The number of likely N-dealkylation sites (tertiary alicyclic amines) is 1. The summed E-state index contributed by atoms with van der Waals surface area (Å²) >= 11 is 12.1. The minimum Gasteiger partial charge on any atom is -0.284 e. The van der Waals surface area contributed by atoms with E-state index >= 15 is 0 Å². The van der Waals surface area contributed by atoms with Crippen molar-refractivity contribution in [2.45, 2.75) is 12.5 Å². The number of hydrogen-bond donors (Lipinski definition) is 0. The van der Waals surface area contributed by atoms with E-state index in [1.807, 2.05) is 48.5 Å². The van der Waals surface area contributed by atoms with Crippen LogP contribution in [0.1, 0.15) is 22.7 Å². The van der Waals surface area contributed by atoms with Crippen LogP contribution < -0.4 is 0 Å². The first kappa shape index (κ1) is 23.9. The fraction of sp³-hybridized carbons (Fsp3) is 0.200. The van der Waals surface area contributed by atoms with Crippen molar-refractivity contribution in [3.05, 3.63) is 116 Å². The fourth-order valence-electron chi connectivity index (χ4n) is 3.97. The fourth-order valence-corrected chi connectivity index (χ4v) is 5.51. The van der Waals surface area contributed by atoms with Crippen molar-refractivity contribution >= 4 is 33.0 Å². The van der Waals surface area contributed by atoms with E-state index in [1.54, 1.807) is 0 Å². The van der Waals surface area contributed by atoms with Crippen LogP contribution in [-0.2, 0) is 16.3 Å².